The molecule has 0 atom stereocenters. The number of ether oxygens (including phenoxy) is 1. The third-order valence-corrected chi connectivity index (χ3v) is 2.65. The van der Waals surface area contributed by atoms with Crippen LogP contribution in [0.1, 0.15) is 0 Å². The molecule has 1 N–H and O–H groups in total. The average Bonchev–Trinajstić information content (AvgIpc) is 2.70. The van der Waals surface area contributed by atoms with Crippen LogP contribution in [-0.2, 0) is 16.1 Å². The molecule has 18 heavy (non-hydrogen) atoms. The molecule has 0 aliphatic heterocycles. The Morgan fingerprint density at radius 1 is 1.39 bits per heavy atom. The van der Waals surface area contributed by atoms with Crippen LogP contribution < -0.4 is 5.69 Å². The predicted octanol–water partition coefficient (Wildman–Crippen LogP) is 0.948. The van der Waals surface area contributed by atoms with Gasteiger partial charge < -0.3 is 9.72 Å². The van der Waals surface area contributed by atoms with Gasteiger partial charge in [-0.15, -0.1) is 0 Å². The first-order valence-electron chi connectivity index (χ1n) is 5.40. The molecule has 0 spiro atoms. The molecule has 7 heteroatoms. The molecule has 0 unspecified atom stereocenters. The molecule has 0 aliphatic carbocycles. The monoisotopic (exact) mass is 252 g/mol. The smallest absolute Gasteiger partial charge is 0.326 e. The van der Waals surface area contributed by atoms with E-state index >= 15 is 0 Å². The first kappa shape index (κ1) is 12.3. The summed E-state index contributed by atoms with van der Waals surface area (Å²) in [7, 11) is 2.86. The predicted molar refractivity (Wildman–Crippen MR) is 64.7 cm³/mol. The van der Waals surface area contributed by atoms with E-state index in [9.17, 15) is 9.70 Å². The molecule has 0 bridgehead atoms. The van der Waals surface area contributed by atoms with Crippen molar-refractivity contribution < 1.29 is 14.5 Å². The SMILES string of the molecule is COCCn1c(=O)[nH]c2cc([N+](=O)OC)ccc21. The Balaban J connectivity index is 2.47. The van der Waals surface area contributed by atoms with Gasteiger partial charge in [0.15, 0.2) is 7.11 Å². The number of rotatable bonds is 5. The number of hydrogen-bond donors (Lipinski definition) is 1. The van der Waals surface area contributed by atoms with E-state index in [1.54, 1.807) is 29.9 Å². The zero-order valence-electron chi connectivity index (χ0n) is 10.2. The minimum Gasteiger partial charge on any atom is -0.383 e. The number of nitrogens with zero attached hydrogens (tertiary/aromatic N) is 2. The summed E-state index contributed by atoms with van der Waals surface area (Å²) >= 11 is 0. The molecule has 96 valence electrons. The second-order valence-electron chi connectivity index (χ2n) is 3.72. The summed E-state index contributed by atoms with van der Waals surface area (Å²) in [5.74, 6) is 0. The fourth-order valence-corrected chi connectivity index (χ4v) is 1.78. The number of aromatic amines is 1. The highest BCUT2D eigenvalue weighted by atomic mass is 16.8. The number of hydrogen-bond acceptors (Lipinski definition) is 4. The van der Waals surface area contributed by atoms with E-state index in [0.717, 1.165) is 5.52 Å². The van der Waals surface area contributed by atoms with Gasteiger partial charge in [-0.2, -0.15) is 0 Å². The van der Waals surface area contributed by atoms with Crippen molar-refractivity contribution >= 4 is 16.7 Å². The molecule has 0 saturated carbocycles. The lowest BCUT2D eigenvalue weighted by atomic mass is 10.3. The fourth-order valence-electron chi connectivity index (χ4n) is 1.78. The molecule has 0 amide bonds. The molecule has 2 aromatic rings. The first-order valence-corrected chi connectivity index (χ1v) is 5.40. The van der Waals surface area contributed by atoms with Gasteiger partial charge in [-0.1, -0.05) is 0 Å². The number of nitrogens with one attached hydrogen (secondary N) is 1. The standard InChI is InChI=1S/C11H13N3O4/c1-17-6-5-13-10-4-3-8(14(16)18-2)7-9(10)12-11(13)15/h3-4,7H,5-6H2,1-2H3/p+1. The van der Waals surface area contributed by atoms with E-state index in [4.69, 9.17) is 4.74 Å². The van der Waals surface area contributed by atoms with Crippen molar-refractivity contribution in [1.29, 1.82) is 0 Å². The molecular weight excluding hydrogens is 238 g/mol. The van der Waals surface area contributed by atoms with E-state index in [1.165, 1.54) is 7.11 Å². The zero-order chi connectivity index (χ0) is 13.1. The van der Waals surface area contributed by atoms with Gasteiger partial charge in [-0.3, -0.25) is 4.57 Å². The van der Waals surface area contributed by atoms with E-state index in [-0.39, 0.29) is 5.69 Å². The van der Waals surface area contributed by atoms with Crippen LogP contribution in [0, 0.1) is 4.91 Å². The van der Waals surface area contributed by atoms with Crippen molar-refractivity contribution in [2.75, 3.05) is 20.8 Å². The Hall–Kier alpha value is -2.15. The van der Waals surface area contributed by atoms with E-state index < -0.39 is 0 Å². The van der Waals surface area contributed by atoms with Crippen LogP contribution >= 0.6 is 0 Å². The highest BCUT2D eigenvalue weighted by Crippen LogP contribution is 2.18. The summed E-state index contributed by atoms with van der Waals surface area (Å²) < 4.78 is 6.51. The zero-order valence-corrected chi connectivity index (χ0v) is 10.2. The van der Waals surface area contributed by atoms with Crippen LogP contribution in [0.4, 0.5) is 5.69 Å². The molecule has 7 nitrogen and oxygen atoms in total. The van der Waals surface area contributed by atoms with Crippen LogP contribution in [0.3, 0.4) is 0 Å². The summed E-state index contributed by atoms with van der Waals surface area (Å²) in [6, 6.07) is 4.86. The van der Waals surface area contributed by atoms with Gasteiger partial charge in [0.05, 0.1) is 29.1 Å². The number of imidazole rings is 1. The minimum absolute atomic E-state index is 0.228. The number of methoxy groups -OCH3 is 1. The van der Waals surface area contributed by atoms with Gasteiger partial charge in [-0.05, 0) is 6.07 Å². The van der Waals surface area contributed by atoms with E-state index in [1.807, 2.05) is 0 Å². The van der Waals surface area contributed by atoms with Crippen LogP contribution in [0.5, 0.6) is 0 Å². The van der Waals surface area contributed by atoms with E-state index in [2.05, 4.69) is 9.82 Å². The Kier molecular flexibility index (Phi) is 3.42. The van der Waals surface area contributed by atoms with Gasteiger partial charge >= 0.3 is 11.4 Å². The molecule has 2 rings (SSSR count). The maximum atomic E-state index is 11.7. The van der Waals surface area contributed by atoms with Crippen molar-refractivity contribution in [2.45, 2.75) is 6.54 Å². The molecule has 1 aromatic heterocycles. The molecule has 1 aromatic carbocycles. The van der Waals surface area contributed by atoms with Gasteiger partial charge in [0.1, 0.15) is 0 Å². The number of H-pyrrole nitrogens is 1. The lowest BCUT2D eigenvalue weighted by Gasteiger charge is -2.01. The van der Waals surface area contributed by atoms with Gasteiger partial charge in [0.25, 0.3) is 4.92 Å². The summed E-state index contributed by atoms with van der Waals surface area (Å²) in [4.78, 5) is 30.6. The highest BCUT2D eigenvalue weighted by Gasteiger charge is 2.16. The molecule has 1 heterocycles. The van der Waals surface area contributed by atoms with Crippen LogP contribution in [-0.4, -0.2) is 35.3 Å². The quantitative estimate of drug-likeness (QED) is 0.804. The lowest BCUT2D eigenvalue weighted by molar-refractivity contribution is -0.736. The minimum atomic E-state index is -0.228. The van der Waals surface area contributed by atoms with Gasteiger partial charge in [0, 0.05) is 19.2 Å². The summed E-state index contributed by atoms with van der Waals surface area (Å²) in [5, 5.41) is 0. The Morgan fingerprint density at radius 3 is 2.83 bits per heavy atom. The van der Waals surface area contributed by atoms with Gasteiger partial charge in [0.2, 0.25) is 0 Å². The topological polar surface area (TPSA) is 76.3 Å². The first-order chi connectivity index (χ1) is 8.67. The summed E-state index contributed by atoms with van der Waals surface area (Å²) in [6.07, 6.45) is 0. The Labute approximate surface area is 102 Å². The van der Waals surface area contributed by atoms with Crippen LogP contribution in [0.2, 0.25) is 0 Å². The summed E-state index contributed by atoms with van der Waals surface area (Å²) in [5.41, 5.74) is 1.41. The molecular formula is C11H14N3O4+. The van der Waals surface area contributed by atoms with Crippen molar-refractivity contribution in [1.82, 2.24) is 9.55 Å². The molecule has 0 fully saturated rings. The summed E-state index contributed by atoms with van der Waals surface area (Å²) in [6.45, 7) is 0.903. The van der Waals surface area contributed by atoms with E-state index in [0.29, 0.717) is 29.3 Å². The average molecular weight is 252 g/mol. The number of aromatic nitrogens is 2. The van der Waals surface area contributed by atoms with Crippen molar-refractivity contribution in [2.24, 2.45) is 0 Å². The Bertz CT molecular complexity index is 629. The van der Waals surface area contributed by atoms with Crippen molar-refractivity contribution in [3.63, 3.8) is 0 Å². The number of fused-ring (bicyclic) bond motifs is 1. The van der Waals surface area contributed by atoms with Gasteiger partial charge in [-0.25, -0.2) is 9.63 Å². The molecule has 0 aliphatic rings. The second kappa shape index (κ2) is 5.01. The molecule has 0 radical (unpaired) electrons. The second-order valence-corrected chi connectivity index (χ2v) is 3.72. The largest absolute Gasteiger partial charge is 0.383 e. The fraction of sp³-hybridized carbons (Fsp3) is 0.364. The van der Waals surface area contributed by atoms with Crippen LogP contribution in [0.15, 0.2) is 23.0 Å². The maximum absolute atomic E-state index is 11.7. The maximum Gasteiger partial charge on any atom is 0.326 e. The Morgan fingerprint density at radius 2 is 2.17 bits per heavy atom. The third kappa shape index (κ3) is 2.12. The normalized spacial score (nSPS) is 10.8. The lowest BCUT2D eigenvalue weighted by Crippen LogP contribution is -2.18. The third-order valence-electron chi connectivity index (χ3n) is 2.65. The highest BCUT2D eigenvalue weighted by molar-refractivity contribution is 5.77. The van der Waals surface area contributed by atoms with Crippen LogP contribution in [0.25, 0.3) is 11.0 Å². The van der Waals surface area contributed by atoms with Crippen molar-refractivity contribution in [3.05, 3.63) is 33.6 Å². The number of benzene rings is 1. The molecule has 0 saturated heterocycles. The van der Waals surface area contributed by atoms with Crippen molar-refractivity contribution in [3.8, 4) is 0 Å².